The summed E-state index contributed by atoms with van der Waals surface area (Å²) in [6.07, 6.45) is 1.58. The Morgan fingerprint density at radius 2 is 2.21 bits per heavy atom. The maximum Gasteiger partial charge on any atom is 0.326 e. The fourth-order valence-corrected chi connectivity index (χ4v) is 1.61. The number of carbonyl (C=O) groups excluding carboxylic acids is 1. The zero-order valence-corrected chi connectivity index (χ0v) is 11.2. The predicted molar refractivity (Wildman–Crippen MR) is 74.6 cm³/mol. The molecule has 0 saturated carbocycles. The third-order valence-corrected chi connectivity index (χ3v) is 2.69. The smallest absolute Gasteiger partial charge is 0.326 e. The van der Waals surface area contributed by atoms with Crippen molar-refractivity contribution in [1.29, 1.82) is 0 Å². The second kappa shape index (κ2) is 6.80. The maximum absolute atomic E-state index is 11.7. The molecule has 2 amide bonds. The average Bonchev–Trinajstić information content (AvgIpc) is 2.33. The van der Waals surface area contributed by atoms with Crippen LogP contribution in [-0.4, -0.2) is 23.1 Å². The van der Waals surface area contributed by atoms with Crippen molar-refractivity contribution in [1.82, 2.24) is 5.32 Å². The van der Waals surface area contributed by atoms with E-state index in [0.29, 0.717) is 10.7 Å². The first kappa shape index (κ1) is 15.0. The molecule has 0 aromatic heterocycles. The van der Waals surface area contributed by atoms with Crippen LogP contribution < -0.4 is 10.6 Å². The van der Waals surface area contributed by atoms with Crippen molar-refractivity contribution in [3.05, 3.63) is 41.4 Å². The van der Waals surface area contributed by atoms with Crippen molar-refractivity contribution in [2.75, 3.05) is 5.32 Å². The van der Waals surface area contributed by atoms with Gasteiger partial charge in [-0.15, -0.1) is 6.58 Å². The molecular weight excluding hydrogens is 268 g/mol. The van der Waals surface area contributed by atoms with Gasteiger partial charge in [0.2, 0.25) is 0 Å². The van der Waals surface area contributed by atoms with Crippen molar-refractivity contribution in [2.24, 2.45) is 0 Å². The minimum absolute atomic E-state index is 0.150. The summed E-state index contributed by atoms with van der Waals surface area (Å²) < 4.78 is 0. The molecule has 19 heavy (non-hydrogen) atoms. The van der Waals surface area contributed by atoms with Gasteiger partial charge in [0.25, 0.3) is 0 Å². The Kier molecular flexibility index (Phi) is 5.38. The van der Waals surface area contributed by atoms with Crippen LogP contribution in [0.25, 0.3) is 0 Å². The van der Waals surface area contributed by atoms with E-state index in [9.17, 15) is 9.59 Å². The molecule has 0 heterocycles. The summed E-state index contributed by atoms with van der Waals surface area (Å²) in [5.41, 5.74) is 1.36. The quantitative estimate of drug-likeness (QED) is 0.727. The number of nitrogens with one attached hydrogen (secondary N) is 2. The number of anilines is 1. The van der Waals surface area contributed by atoms with Gasteiger partial charge < -0.3 is 15.7 Å². The number of carbonyl (C=O) groups is 2. The molecule has 102 valence electrons. The molecule has 6 heteroatoms. The number of benzene rings is 1. The summed E-state index contributed by atoms with van der Waals surface area (Å²) in [5, 5.41) is 14.3. The monoisotopic (exact) mass is 282 g/mol. The lowest BCUT2D eigenvalue weighted by atomic mass is 10.2. The van der Waals surface area contributed by atoms with E-state index in [2.05, 4.69) is 17.2 Å². The van der Waals surface area contributed by atoms with Crippen LogP contribution in [-0.2, 0) is 4.79 Å². The van der Waals surface area contributed by atoms with Crippen molar-refractivity contribution >= 4 is 29.3 Å². The molecule has 0 bridgehead atoms. The van der Waals surface area contributed by atoms with Gasteiger partial charge in [-0.3, -0.25) is 0 Å². The highest BCUT2D eigenvalue weighted by molar-refractivity contribution is 6.31. The normalized spacial score (nSPS) is 11.5. The predicted octanol–water partition coefficient (Wildman–Crippen LogP) is 2.80. The number of halogens is 1. The molecule has 0 aliphatic heterocycles. The summed E-state index contributed by atoms with van der Waals surface area (Å²) in [4.78, 5) is 22.6. The number of carboxylic acid groups (broad SMARTS) is 1. The number of aryl methyl sites for hydroxylation is 1. The molecule has 0 radical (unpaired) electrons. The molecule has 1 unspecified atom stereocenters. The first-order valence-electron chi connectivity index (χ1n) is 5.61. The maximum atomic E-state index is 11.7. The van der Waals surface area contributed by atoms with Gasteiger partial charge in [-0.05, 0) is 31.0 Å². The third kappa shape index (κ3) is 4.63. The molecule has 5 nitrogen and oxygen atoms in total. The van der Waals surface area contributed by atoms with E-state index in [4.69, 9.17) is 16.7 Å². The summed E-state index contributed by atoms with van der Waals surface area (Å²) in [5.74, 6) is -1.11. The minimum Gasteiger partial charge on any atom is -0.480 e. The molecule has 0 fully saturated rings. The lowest BCUT2D eigenvalue weighted by molar-refractivity contribution is -0.139. The fourth-order valence-electron chi connectivity index (χ4n) is 1.43. The average molecular weight is 283 g/mol. The summed E-state index contributed by atoms with van der Waals surface area (Å²) in [6.45, 7) is 5.26. The third-order valence-electron chi connectivity index (χ3n) is 2.45. The van der Waals surface area contributed by atoms with E-state index < -0.39 is 18.0 Å². The fraction of sp³-hybridized carbons (Fsp3) is 0.231. The van der Waals surface area contributed by atoms with E-state index in [1.807, 2.05) is 6.92 Å². The van der Waals surface area contributed by atoms with E-state index in [1.165, 1.54) is 6.08 Å². The largest absolute Gasteiger partial charge is 0.480 e. The number of aliphatic carboxylic acids is 1. The van der Waals surface area contributed by atoms with Gasteiger partial charge >= 0.3 is 12.0 Å². The topological polar surface area (TPSA) is 78.4 Å². The van der Waals surface area contributed by atoms with Gasteiger partial charge in [0, 0.05) is 10.7 Å². The Morgan fingerprint density at radius 3 is 2.79 bits per heavy atom. The molecule has 1 aromatic carbocycles. The lowest BCUT2D eigenvalue weighted by Gasteiger charge is -2.14. The summed E-state index contributed by atoms with van der Waals surface area (Å²) in [6, 6.07) is 3.46. The molecule has 1 aromatic rings. The van der Waals surface area contributed by atoms with Gasteiger partial charge in [0.1, 0.15) is 6.04 Å². The SMILES string of the molecule is C=CCC(NC(=O)Nc1cc(Cl)ccc1C)C(=O)O. The van der Waals surface area contributed by atoms with Crippen LogP contribution in [0, 0.1) is 6.92 Å². The van der Waals surface area contributed by atoms with Crippen LogP contribution in [0.1, 0.15) is 12.0 Å². The van der Waals surface area contributed by atoms with Crippen molar-refractivity contribution in [2.45, 2.75) is 19.4 Å². The van der Waals surface area contributed by atoms with Crippen LogP contribution in [0.2, 0.25) is 5.02 Å². The van der Waals surface area contributed by atoms with Crippen LogP contribution in [0.4, 0.5) is 10.5 Å². The molecule has 0 aliphatic carbocycles. The molecular formula is C13H15ClN2O3. The number of urea groups is 1. The van der Waals surface area contributed by atoms with Crippen LogP contribution in [0.15, 0.2) is 30.9 Å². The molecule has 0 spiro atoms. The van der Waals surface area contributed by atoms with Crippen LogP contribution in [0.5, 0.6) is 0 Å². The van der Waals surface area contributed by atoms with Crippen molar-refractivity contribution in [3.8, 4) is 0 Å². The van der Waals surface area contributed by atoms with E-state index in [0.717, 1.165) is 5.56 Å². The zero-order valence-electron chi connectivity index (χ0n) is 10.4. The van der Waals surface area contributed by atoms with Gasteiger partial charge in [-0.1, -0.05) is 23.7 Å². The van der Waals surface area contributed by atoms with Gasteiger partial charge in [-0.25, -0.2) is 9.59 Å². The highest BCUT2D eigenvalue weighted by Gasteiger charge is 2.18. The van der Waals surface area contributed by atoms with E-state index in [-0.39, 0.29) is 6.42 Å². The van der Waals surface area contributed by atoms with Crippen molar-refractivity contribution in [3.63, 3.8) is 0 Å². The minimum atomic E-state index is -1.11. The Hall–Kier alpha value is -2.01. The Morgan fingerprint density at radius 1 is 1.53 bits per heavy atom. The Bertz CT molecular complexity index is 503. The molecule has 1 atom stereocenters. The first-order valence-corrected chi connectivity index (χ1v) is 5.99. The van der Waals surface area contributed by atoms with Gasteiger partial charge in [-0.2, -0.15) is 0 Å². The van der Waals surface area contributed by atoms with Gasteiger partial charge in [0.15, 0.2) is 0 Å². The standard InChI is InChI=1S/C13H15ClN2O3/c1-3-4-10(12(17)18)15-13(19)16-11-7-9(14)6-5-8(11)2/h3,5-7,10H,1,4H2,2H3,(H,17,18)(H2,15,16,19). The Labute approximate surface area is 116 Å². The highest BCUT2D eigenvalue weighted by atomic mass is 35.5. The van der Waals surface area contributed by atoms with Gasteiger partial charge in [0.05, 0.1) is 0 Å². The highest BCUT2D eigenvalue weighted by Crippen LogP contribution is 2.19. The lowest BCUT2D eigenvalue weighted by Crippen LogP contribution is -2.42. The number of carboxylic acids is 1. The molecule has 0 aliphatic rings. The number of rotatable bonds is 5. The zero-order chi connectivity index (χ0) is 14.4. The molecule has 0 saturated heterocycles. The van der Waals surface area contributed by atoms with E-state index >= 15 is 0 Å². The van der Waals surface area contributed by atoms with Crippen LogP contribution >= 0.6 is 11.6 Å². The number of hydrogen-bond acceptors (Lipinski definition) is 2. The van der Waals surface area contributed by atoms with E-state index in [1.54, 1.807) is 18.2 Å². The second-order valence-electron chi connectivity index (χ2n) is 3.97. The Balaban J connectivity index is 2.71. The summed E-state index contributed by atoms with van der Waals surface area (Å²) in [7, 11) is 0. The number of hydrogen-bond donors (Lipinski definition) is 3. The summed E-state index contributed by atoms with van der Waals surface area (Å²) >= 11 is 5.83. The molecule has 3 N–H and O–H groups in total. The first-order chi connectivity index (χ1) is 8.93. The van der Waals surface area contributed by atoms with Crippen molar-refractivity contribution < 1.29 is 14.7 Å². The second-order valence-corrected chi connectivity index (χ2v) is 4.41. The number of amides is 2. The molecule has 1 rings (SSSR count). The van der Waals surface area contributed by atoms with Crippen LogP contribution in [0.3, 0.4) is 0 Å².